The van der Waals surface area contributed by atoms with E-state index in [0.717, 1.165) is 17.4 Å². The highest BCUT2D eigenvalue weighted by Crippen LogP contribution is 2.31. The zero-order valence-corrected chi connectivity index (χ0v) is 20.2. The molecule has 3 aromatic rings. The van der Waals surface area contributed by atoms with Gasteiger partial charge in [-0.25, -0.2) is 13.2 Å². The summed E-state index contributed by atoms with van der Waals surface area (Å²) < 4.78 is 47.2. The maximum absolute atomic E-state index is 14.7. The molecule has 3 atom stereocenters. The van der Waals surface area contributed by atoms with E-state index in [2.05, 4.69) is 10.6 Å². The molecule has 1 saturated carbocycles. The molecule has 1 aliphatic carbocycles. The molecule has 0 saturated heterocycles. The smallest absolute Gasteiger partial charge is 0.261 e. The van der Waals surface area contributed by atoms with Crippen LogP contribution in [0, 0.1) is 11.7 Å². The Balaban J connectivity index is 1.45. The van der Waals surface area contributed by atoms with E-state index in [1.54, 1.807) is 18.2 Å². The van der Waals surface area contributed by atoms with E-state index in [4.69, 9.17) is 16.3 Å². The van der Waals surface area contributed by atoms with Gasteiger partial charge in [-0.05, 0) is 43.2 Å². The van der Waals surface area contributed by atoms with Crippen molar-refractivity contribution in [2.45, 2.75) is 31.4 Å². The van der Waals surface area contributed by atoms with Gasteiger partial charge in [0.1, 0.15) is 12.4 Å². The molecule has 0 bridgehead atoms. The van der Waals surface area contributed by atoms with Crippen molar-refractivity contribution in [3.63, 3.8) is 0 Å². The molecule has 1 aliphatic rings. The summed E-state index contributed by atoms with van der Waals surface area (Å²) >= 11 is 6.93. The summed E-state index contributed by atoms with van der Waals surface area (Å²) in [5, 5.41) is 5.24. The molecule has 0 spiro atoms. The number of pyridine rings is 1. The number of thiophene rings is 1. The Labute approximate surface area is 212 Å². The third-order valence-electron chi connectivity index (χ3n) is 5.74. The first-order valence-electron chi connectivity index (χ1n) is 11.0. The number of anilines is 1. The number of alkyl halides is 2. The zero-order chi connectivity index (χ0) is 25.8. The van der Waals surface area contributed by atoms with Gasteiger partial charge >= 0.3 is 0 Å². The van der Waals surface area contributed by atoms with E-state index < -0.39 is 48.7 Å². The van der Waals surface area contributed by atoms with Crippen LogP contribution in [0.15, 0.2) is 59.5 Å². The second-order valence-electron chi connectivity index (χ2n) is 8.18. The Kier molecular flexibility index (Phi) is 8.12. The minimum atomic E-state index is -2.71. The lowest BCUT2D eigenvalue weighted by atomic mass is 10.1. The van der Waals surface area contributed by atoms with Crippen molar-refractivity contribution in [3.8, 4) is 5.69 Å². The number of carbonyl (C=O) groups is 2. The standard InChI is InChI=1S/C24H21ClF3N3O4S/c25-20-7-6-19(36-20)24(34)30-17-9-13(10-18(17)35-12-21(27)28)23(33)29-16-5-4-14(11-15(16)26)31-8-2-1-3-22(31)32/h1-8,11,13,17-18,21H,9-10,12H2,(H,29,33)(H,30,34)/t13-,17+,18+/m1/s1. The number of aromatic nitrogens is 1. The summed E-state index contributed by atoms with van der Waals surface area (Å²) in [5.41, 5.74) is -0.153. The molecular weight excluding hydrogens is 519 g/mol. The fraction of sp³-hybridized carbons (Fsp3) is 0.292. The van der Waals surface area contributed by atoms with Gasteiger partial charge in [-0.2, -0.15) is 0 Å². The van der Waals surface area contributed by atoms with Gasteiger partial charge in [0.05, 0.1) is 32.7 Å². The largest absolute Gasteiger partial charge is 0.370 e. The minimum Gasteiger partial charge on any atom is -0.370 e. The van der Waals surface area contributed by atoms with Crippen molar-refractivity contribution in [2.75, 3.05) is 11.9 Å². The van der Waals surface area contributed by atoms with Gasteiger partial charge in [-0.1, -0.05) is 17.7 Å². The number of nitrogens with one attached hydrogen (secondary N) is 2. The summed E-state index contributed by atoms with van der Waals surface area (Å²) in [7, 11) is 0. The van der Waals surface area contributed by atoms with Crippen molar-refractivity contribution in [3.05, 3.63) is 80.1 Å². The third kappa shape index (κ3) is 6.15. The number of amides is 2. The quantitative estimate of drug-likeness (QED) is 0.441. The monoisotopic (exact) mass is 539 g/mol. The molecule has 190 valence electrons. The highest BCUT2D eigenvalue weighted by Gasteiger charge is 2.40. The van der Waals surface area contributed by atoms with Crippen molar-refractivity contribution in [1.82, 2.24) is 9.88 Å². The molecule has 1 fully saturated rings. The first-order valence-corrected chi connectivity index (χ1v) is 12.1. The van der Waals surface area contributed by atoms with Crippen LogP contribution in [0.5, 0.6) is 0 Å². The SMILES string of the molecule is O=C(N[C@H]1C[C@@H](C(=O)Nc2ccc(-n3ccccc3=O)cc2F)C[C@@H]1OCC(F)F)c1ccc(Cl)s1. The number of rotatable bonds is 8. The topological polar surface area (TPSA) is 89.4 Å². The predicted octanol–water partition coefficient (Wildman–Crippen LogP) is 4.49. The maximum Gasteiger partial charge on any atom is 0.261 e. The Bertz CT molecular complexity index is 1320. The first-order chi connectivity index (χ1) is 17.2. The van der Waals surface area contributed by atoms with Crippen LogP contribution in [0.3, 0.4) is 0 Å². The fourth-order valence-corrected chi connectivity index (χ4v) is 5.00. The molecular formula is C24H21ClF3N3O4S. The number of hydrogen-bond donors (Lipinski definition) is 2. The summed E-state index contributed by atoms with van der Waals surface area (Å²) in [6, 6.07) is 10.9. The van der Waals surface area contributed by atoms with Crippen molar-refractivity contribution in [2.24, 2.45) is 5.92 Å². The minimum absolute atomic E-state index is 0.0633. The first kappa shape index (κ1) is 25.9. The van der Waals surface area contributed by atoms with Crippen LogP contribution >= 0.6 is 22.9 Å². The number of ether oxygens (including phenoxy) is 1. The summed E-state index contributed by atoms with van der Waals surface area (Å²) in [6.07, 6.45) is -1.87. The van der Waals surface area contributed by atoms with Gasteiger partial charge in [-0.3, -0.25) is 19.0 Å². The Morgan fingerprint density at radius 2 is 1.97 bits per heavy atom. The van der Waals surface area contributed by atoms with Gasteiger partial charge < -0.3 is 15.4 Å². The molecule has 2 amide bonds. The van der Waals surface area contributed by atoms with Crippen LogP contribution in [0.25, 0.3) is 5.69 Å². The second-order valence-corrected chi connectivity index (χ2v) is 9.89. The van der Waals surface area contributed by atoms with Gasteiger partial charge in [0.25, 0.3) is 17.9 Å². The second kappa shape index (κ2) is 11.3. The van der Waals surface area contributed by atoms with Crippen LogP contribution in [0.2, 0.25) is 4.34 Å². The van der Waals surface area contributed by atoms with E-state index in [9.17, 15) is 27.6 Å². The maximum atomic E-state index is 14.7. The average molecular weight is 540 g/mol. The van der Waals surface area contributed by atoms with Crippen LogP contribution in [0.4, 0.5) is 18.9 Å². The van der Waals surface area contributed by atoms with Crippen LogP contribution < -0.4 is 16.2 Å². The van der Waals surface area contributed by atoms with Crippen LogP contribution in [0.1, 0.15) is 22.5 Å². The highest BCUT2D eigenvalue weighted by molar-refractivity contribution is 7.18. The predicted molar refractivity (Wildman–Crippen MR) is 130 cm³/mol. The summed E-state index contributed by atoms with van der Waals surface area (Å²) in [5.74, 6) is -2.47. The number of nitrogens with zero attached hydrogens (tertiary/aromatic N) is 1. The van der Waals surface area contributed by atoms with Crippen molar-refractivity contribution < 1.29 is 27.5 Å². The molecule has 0 unspecified atom stereocenters. The number of benzene rings is 1. The van der Waals surface area contributed by atoms with E-state index >= 15 is 0 Å². The number of hydrogen-bond acceptors (Lipinski definition) is 5. The van der Waals surface area contributed by atoms with Crippen molar-refractivity contribution >= 4 is 40.4 Å². The van der Waals surface area contributed by atoms with E-state index in [-0.39, 0.29) is 29.8 Å². The lowest BCUT2D eigenvalue weighted by molar-refractivity contribution is -0.120. The number of halogens is 4. The van der Waals surface area contributed by atoms with Crippen LogP contribution in [-0.4, -0.2) is 41.6 Å². The molecule has 0 radical (unpaired) electrons. The number of carbonyl (C=O) groups excluding carboxylic acids is 2. The molecule has 12 heteroatoms. The van der Waals surface area contributed by atoms with Gasteiger partial charge in [0.2, 0.25) is 5.91 Å². The highest BCUT2D eigenvalue weighted by atomic mass is 35.5. The Morgan fingerprint density at radius 3 is 2.64 bits per heavy atom. The van der Waals surface area contributed by atoms with Gasteiger partial charge in [0, 0.05) is 24.2 Å². The van der Waals surface area contributed by atoms with E-state index in [1.807, 2.05) is 0 Å². The average Bonchev–Trinajstić information content (AvgIpc) is 3.45. The third-order valence-corrected chi connectivity index (χ3v) is 6.97. The molecule has 2 heterocycles. The zero-order valence-electron chi connectivity index (χ0n) is 18.6. The molecule has 4 rings (SSSR count). The summed E-state index contributed by atoms with van der Waals surface area (Å²) in [4.78, 5) is 37.7. The molecule has 2 aromatic heterocycles. The van der Waals surface area contributed by atoms with Gasteiger partial charge in [0.15, 0.2) is 0 Å². The lowest BCUT2D eigenvalue weighted by Crippen LogP contribution is -2.41. The van der Waals surface area contributed by atoms with E-state index in [0.29, 0.717) is 9.21 Å². The van der Waals surface area contributed by atoms with Crippen molar-refractivity contribution in [1.29, 1.82) is 0 Å². The van der Waals surface area contributed by atoms with E-state index in [1.165, 1.54) is 35.0 Å². The fourth-order valence-electron chi connectivity index (χ4n) is 4.05. The molecule has 36 heavy (non-hydrogen) atoms. The molecule has 1 aromatic carbocycles. The lowest BCUT2D eigenvalue weighted by Gasteiger charge is -2.20. The Hall–Kier alpha value is -3.15. The summed E-state index contributed by atoms with van der Waals surface area (Å²) in [6.45, 7) is -0.842. The Morgan fingerprint density at radius 1 is 1.17 bits per heavy atom. The molecule has 7 nitrogen and oxygen atoms in total. The normalized spacial score (nSPS) is 19.4. The molecule has 0 aliphatic heterocycles. The molecule has 2 N–H and O–H groups in total. The van der Waals surface area contributed by atoms with Crippen LogP contribution in [-0.2, 0) is 9.53 Å². The van der Waals surface area contributed by atoms with Gasteiger partial charge in [-0.15, -0.1) is 11.3 Å².